The fourth-order valence-corrected chi connectivity index (χ4v) is 3.05. The number of unbranched alkanes of at least 4 members (excludes halogenated alkanes) is 13. The highest BCUT2D eigenvalue weighted by molar-refractivity contribution is 5.75. The molecule has 0 unspecified atom stereocenters. The average molecular weight is 352 g/mol. The Labute approximate surface area is 158 Å². The molecule has 148 valence electrons. The molecule has 0 saturated heterocycles. The molecule has 0 atom stereocenters. The molecule has 0 aliphatic rings. The number of amides is 1. The maximum absolute atomic E-state index is 11.6. The summed E-state index contributed by atoms with van der Waals surface area (Å²) in [6.45, 7) is 5.32. The van der Waals surface area contributed by atoms with Gasteiger partial charge >= 0.3 is 0 Å². The monoisotopic (exact) mass is 351 g/mol. The van der Waals surface area contributed by atoms with Crippen LogP contribution >= 0.6 is 0 Å². The molecular weight excluding hydrogens is 306 g/mol. The summed E-state index contributed by atoms with van der Waals surface area (Å²) in [6, 6.07) is 0. The summed E-state index contributed by atoms with van der Waals surface area (Å²) in [6.07, 6.45) is 26.0. The van der Waals surface area contributed by atoms with Crippen LogP contribution in [0.4, 0.5) is 0 Å². The third-order valence-corrected chi connectivity index (χ3v) is 4.77. The predicted octanol–water partition coefficient (Wildman–Crippen LogP) is 7.33. The summed E-state index contributed by atoms with van der Waals surface area (Å²) in [5.41, 5.74) is 0. The van der Waals surface area contributed by atoms with E-state index in [9.17, 15) is 4.79 Å². The fraction of sp³-hybridized carbons (Fsp3) is 0.870. The van der Waals surface area contributed by atoms with Gasteiger partial charge in [0.2, 0.25) is 5.91 Å². The molecule has 0 saturated carbocycles. The quantitative estimate of drug-likeness (QED) is 0.191. The second kappa shape index (κ2) is 21.3. The van der Waals surface area contributed by atoms with Gasteiger partial charge in [0, 0.05) is 13.0 Å². The van der Waals surface area contributed by atoms with Crippen LogP contribution in [-0.4, -0.2) is 12.5 Å². The molecule has 0 aliphatic carbocycles. The third-order valence-electron chi connectivity index (χ3n) is 4.77. The van der Waals surface area contributed by atoms with Crippen LogP contribution in [0.25, 0.3) is 0 Å². The largest absolute Gasteiger partial charge is 0.356 e. The summed E-state index contributed by atoms with van der Waals surface area (Å²) >= 11 is 0. The second-order valence-corrected chi connectivity index (χ2v) is 7.39. The molecule has 0 rings (SSSR count). The van der Waals surface area contributed by atoms with Gasteiger partial charge in [-0.15, -0.1) is 0 Å². The molecule has 25 heavy (non-hydrogen) atoms. The zero-order valence-corrected chi connectivity index (χ0v) is 17.3. The second-order valence-electron chi connectivity index (χ2n) is 7.39. The summed E-state index contributed by atoms with van der Waals surface area (Å²) in [5, 5.41) is 3.02. The van der Waals surface area contributed by atoms with E-state index in [0.717, 1.165) is 19.4 Å². The van der Waals surface area contributed by atoms with Crippen molar-refractivity contribution in [3.8, 4) is 0 Å². The highest BCUT2D eigenvalue weighted by atomic mass is 16.1. The number of carbonyl (C=O) groups excluding carboxylic acids is 1. The molecule has 0 radical (unpaired) electrons. The normalized spacial score (nSPS) is 11.3. The van der Waals surface area contributed by atoms with E-state index in [1.165, 1.54) is 89.9 Å². The third kappa shape index (κ3) is 21.2. The number of nitrogens with one attached hydrogen (secondary N) is 1. The van der Waals surface area contributed by atoms with E-state index < -0.39 is 0 Å². The Bertz CT molecular complexity index is 298. The molecule has 0 heterocycles. The standard InChI is InChI=1S/C23H45NO/c1-3-5-7-8-9-10-11-12-13-14-15-16-17-18-19-21-23(25)24-22-20-6-4-2/h12-13H,3-11,14-22H2,1-2H3,(H,24,25)/b13-12-. The molecule has 1 amide bonds. The van der Waals surface area contributed by atoms with E-state index >= 15 is 0 Å². The molecule has 0 aromatic heterocycles. The number of rotatable bonds is 19. The Morgan fingerprint density at radius 2 is 1.12 bits per heavy atom. The molecule has 2 nitrogen and oxygen atoms in total. The maximum atomic E-state index is 11.6. The highest BCUT2D eigenvalue weighted by Gasteiger charge is 1.99. The Hall–Kier alpha value is -0.790. The lowest BCUT2D eigenvalue weighted by Crippen LogP contribution is -2.23. The van der Waals surface area contributed by atoms with Crippen molar-refractivity contribution in [3.63, 3.8) is 0 Å². The van der Waals surface area contributed by atoms with Crippen LogP contribution in [0.15, 0.2) is 12.2 Å². The van der Waals surface area contributed by atoms with Crippen LogP contribution in [0.5, 0.6) is 0 Å². The van der Waals surface area contributed by atoms with Crippen molar-refractivity contribution >= 4 is 5.91 Å². The minimum Gasteiger partial charge on any atom is -0.356 e. The topological polar surface area (TPSA) is 29.1 Å². The number of hydrogen-bond acceptors (Lipinski definition) is 1. The van der Waals surface area contributed by atoms with E-state index in [0.29, 0.717) is 6.42 Å². The van der Waals surface area contributed by atoms with E-state index in [-0.39, 0.29) is 5.91 Å². The number of carbonyl (C=O) groups is 1. The van der Waals surface area contributed by atoms with Gasteiger partial charge in [-0.1, -0.05) is 90.2 Å². The summed E-state index contributed by atoms with van der Waals surface area (Å²) < 4.78 is 0. The van der Waals surface area contributed by atoms with Gasteiger partial charge in [0.15, 0.2) is 0 Å². The van der Waals surface area contributed by atoms with E-state index in [4.69, 9.17) is 0 Å². The molecule has 2 heteroatoms. The van der Waals surface area contributed by atoms with Crippen LogP contribution < -0.4 is 5.32 Å². The van der Waals surface area contributed by atoms with Gasteiger partial charge in [-0.2, -0.15) is 0 Å². The van der Waals surface area contributed by atoms with Gasteiger partial charge in [-0.3, -0.25) is 4.79 Å². The van der Waals surface area contributed by atoms with Crippen LogP contribution in [0, 0.1) is 0 Å². The molecule has 0 aromatic carbocycles. The maximum Gasteiger partial charge on any atom is 0.219 e. The molecular formula is C23H45NO. The van der Waals surface area contributed by atoms with Crippen LogP contribution in [-0.2, 0) is 4.79 Å². The van der Waals surface area contributed by atoms with Crippen molar-refractivity contribution in [1.82, 2.24) is 5.32 Å². The van der Waals surface area contributed by atoms with Crippen molar-refractivity contribution < 1.29 is 4.79 Å². The molecule has 0 bridgehead atoms. The Morgan fingerprint density at radius 3 is 1.72 bits per heavy atom. The number of allylic oxidation sites excluding steroid dienone is 2. The van der Waals surface area contributed by atoms with Gasteiger partial charge in [0.1, 0.15) is 0 Å². The van der Waals surface area contributed by atoms with Gasteiger partial charge < -0.3 is 5.32 Å². The van der Waals surface area contributed by atoms with E-state index in [2.05, 4.69) is 31.3 Å². The first kappa shape index (κ1) is 24.2. The zero-order chi connectivity index (χ0) is 18.4. The van der Waals surface area contributed by atoms with E-state index in [1.54, 1.807) is 0 Å². The number of hydrogen-bond donors (Lipinski definition) is 1. The van der Waals surface area contributed by atoms with Crippen molar-refractivity contribution in [2.45, 2.75) is 123 Å². The van der Waals surface area contributed by atoms with Crippen molar-refractivity contribution in [3.05, 3.63) is 12.2 Å². The molecule has 0 aromatic rings. The lowest BCUT2D eigenvalue weighted by molar-refractivity contribution is -0.121. The zero-order valence-electron chi connectivity index (χ0n) is 17.3. The summed E-state index contributed by atoms with van der Waals surface area (Å²) in [7, 11) is 0. The Balaban J connectivity index is 3.17. The minimum atomic E-state index is 0.244. The van der Waals surface area contributed by atoms with Crippen molar-refractivity contribution in [1.29, 1.82) is 0 Å². The van der Waals surface area contributed by atoms with Crippen LogP contribution in [0.2, 0.25) is 0 Å². The molecule has 0 fully saturated rings. The average Bonchev–Trinajstić information content (AvgIpc) is 2.62. The predicted molar refractivity (Wildman–Crippen MR) is 112 cm³/mol. The lowest BCUT2D eigenvalue weighted by atomic mass is 10.1. The van der Waals surface area contributed by atoms with Crippen molar-refractivity contribution in [2.75, 3.05) is 6.54 Å². The first-order valence-corrected chi connectivity index (χ1v) is 11.2. The van der Waals surface area contributed by atoms with Gasteiger partial charge in [0.25, 0.3) is 0 Å². The lowest BCUT2D eigenvalue weighted by Gasteiger charge is -2.04. The van der Waals surface area contributed by atoms with Gasteiger partial charge in [-0.05, 0) is 38.5 Å². The SMILES string of the molecule is CCCCCCCC/C=C\CCCCCCCC(=O)NCCCCC. The molecule has 0 aliphatic heterocycles. The fourth-order valence-electron chi connectivity index (χ4n) is 3.05. The van der Waals surface area contributed by atoms with Crippen LogP contribution in [0.3, 0.4) is 0 Å². The van der Waals surface area contributed by atoms with E-state index in [1.807, 2.05) is 0 Å². The Morgan fingerprint density at radius 1 is 0.640 bits per heavy atom. The van der Waals surface area contributed by atoms with Gasteiger partial charge in [-0.25, -0.2) is 0 Å². The van der Waals surface area contributed by atoms with Crippen molar-refractivity contribution in [2.24, 2.45) is 0 Å². The van der Waals surface area contributed by atoms with Crippen LogP contribution in [0.1, 0.15) is 123 Å². The molecule has 1 N–H and O–H groups in total. The molecule has 0 spiro atoms. The smallest absolute Gasteiger partial charge is 0.219 e. The summed E-state index contributed by atoms with van der Waals surface area (Å²) in [4.78, 5) is 11.6. The minimum absolute atomic E-state index is 0.244. The highest BCUT2D eigenvalue weighted by Crippen LogP contribution is 2.10. The first-order valence-electron chi connectivity index (χ1n) is 11.2. The van der Waals surface area contributed by atoms with Gasteiger partial charge in [0.05, 0.1) is 0 Å². The first-order chi connectivity index (χ1) is 12.3. The Kier molecular flexibility index (Phi) is 20.6. The summed E-state index contributed by atoms with van der Waals surface area (Å²) in [5.74, 6) is 0.244.